The molecule has 0 amide bonds. The van der Waals surface area contributed by atoms with Crippen LogP contribution in [-0.2, 0) is 0 Å². The van der Waals surface area contributed by atoms with E-state index < -0.39 is 0 Å². The first-order valence-electron chi connectivity index (χ1n) is 10.3. The Bertz CT molecular complexity index is 298. The van der Waals surface area contributed by atoms with E-state index in [1.54, 1.807) is 57.8 Å². The van der Waals surface area contributed by atoms with Gasteiger partial charge in [0.05, 0.1) is 0 Å². The molecule has 0 saturated heterocycles. The van der Waals surface area contributed by atoms with Crippen LogP contribution in [0.1, 0.15) is 116 Å². The van der Waals surface area contributed by atoms with Gasteiger partial charge in [0.1, 0.15) is 0 Å². The van der Waals surface area contributed by atoms with Gasteiger partial charge in [0.25, 0.3) is 0 Å². The van der Waals surface area contributed by atoms with E-state index in [4.69, 9.17) is 0 Å². The second-order valence-corrected chi connectivity index (χ2v) is 8.64. The third-order valence-electron chi connectivity index (χ3n) is 7.76. The van der Waals surface area contributed by atoms with E-state index >= 15 is 0 Å². The van der Waals surface area contributed by atoms with Crippen LogP contribution in [0.2, 0.25) is 0 Å². The molecule has 0 heteroatoms. The highest BCUT2D eigenvalue weighted by atomic mass is 14.6. The molecule has 0 radical (unpaired) electrons. The van der Waals surface area contributed by atoms with E-state index in [1.807, 2.05) is 0 Å². The third kappa shape index (κ3) is 2.93. The zero-order valence-electron chi connectivity index (χ0n) is 14.6. The standard InChI is InChI=1S/C21H38/c1-2-3-14-20(15-8-5-9-16-20)21(17-10-11-18-21)19-12-6-4-7-13-19/h19H,2-18H2,1H3. The van der Waals surface area contributed by atoms with E-state index in [0.29, 0.717) is 0 Å². The Morgan fingerprint density at radius 1 is 0.714 bits per heavy atom. The Morgan fingerprint density at radius 3 is 1.90 bits per heavy atom. The van der Waals surface area contributed by atoms with Gasteiger partial charge < -0.3 is 0 Å². The minimum atomic E-state index is 0.764. The summed E-state index contributed by atoms with van der Waals surface area (Å²) in [5.41, 5.74) is 1.54. The summed E-state index contributed by atoms with van der Waals surface area (Å²) in [6.45, 7) is 2.40. The maximum Gasteiger partial charge on any atom is -0.0213 e. The quantitative estimate of drug-likeness (QED) is 0.499. The zero-order chi connectivity index (χ0) is 14.6. The van der Waals surface area contributed by atoms with Crippen molar-refractivity contribution in [3.05, 3.63) is 0 Å². The van der Waals surface area contributed by atoms with Gasteiger partial charge in [0.15, 0.2) is 0 Å². The number of rotatable bonds is 5. The Kier molecular flexibility index (Phi) is 5.33. The predicted octanol–water partition coefficient (Wildman–Crippen LogP) is 7.27. The van der Waals surface area contributed by atoms with Gasteiger partial charge in [-0.1, -0.05) is 71.1 Å². The second kappa shape index (κ2) is 7.05. The first kappa shape index (κ1) is 15.9. The Labute approximate surface area is 133 Å². The Balaban J connectivity index is 1.87. The van der Waals surface area contributed by atoms with Gasteiger partial charge >= 0.3 is 0 Å². The number of hydrogen-bond donors (Lipinski definition) is 0. The average Bonchev–Trinajstić information content (AvgIpc) is 3.06. The van der Waals surface area contributed by atoms with Crippen LogP contribution in [0.5, 0.6) is 0 Å². The fourth-order valence-corrected chi connectivity index (χ4v) is 6.77. The summed E-state index contributed by atoms with van der Waals surface area (Å²) in [6, 6.07) is 0. The predicted molar refractivity (Wildman–Crippen MR) is 92.5 cm³/mol. The molecule has 3 aliphatic rings. The van der Waals surface area contributed by atoms with Crippen LogP contribution in [0.3, 0.4) is 0 Å². The lowest BCUT2D eigenvalue weighted by molar-refractivity contribution is -0.0678. The molecule has 0 aromatic heterocycles. The summed E-state index contributed by atoms with van der Waals surface area (Å²) in [7, 11) is 0. The van der Waals surface area contributed by atoms with Crippen molar-refractivity contribution in [1.29, 1.82) is 0 Å². The molecule has 0 bridgehead atoms. The van der Waals surface area contributed by atoms with Crippen LogP contribution in [0.15, 0.2) is 0 Å². The SMILES string of the molecule is CCCCC1(C2(C3CCCCC3)CCCC2)CCCCC1. The molecule has 3 fully saturated rings. The molecule has 0 aliphatic heterocycles. The fraction of sp³-hybridized carbons (Fsp3) is 1.00. The van der Waals surface area contributed by atoms with Crippen molar-refractivity contribution in [2.24, 2.45) is 16.7 Å². The minimum Gasteiger partial charge on any atom is -0.0654 e. The van der Waals surface area contributed by atoms with Crippen LogP contribution < -0.4 is 0 Å². The molecule has 122 valence electrons. The Hall–Kier alpha value is 0. The first-order chi connectivity index (χ1) is 10.3. The maximum atomic E-state index is 2.40. The molecule has 0 nitrogen and oxygen atoms in total. The van der Waals surface area contributed by atoms with Gasteiger partial charge in [-0.25, -0.2) is 0 Å². The van der Waals surface area contributed by atoms with Gasteiger partial charge in [0.2, 0.25) is 0 Å². The first-order valence-corrected chi connectivity index (χ1v) is 10.3. The lowest BCUT2D eigenvalue weighted by Gasteiger charge is -2.57. The Morgan fingerprint density at radius 2 is 1.29 bits per heavy atom. The fourth-order valence-electron chi connectivity index (χ4n) is 6.77. The zero-order valence-corrected chi connectivity index (χ0v) is 14.6. The normalized spacial score (nSPS) is 29.6. The summed E-state index contributed by atoms with van der Waals surface area (Å²) in [5, 5.41) is 0. The summed E-state index contributed by atoms with van der Waals surface area (Å²) < 4.78 is 0. The van der Waals surface area contributed by atoms with Crippen molar-refractivity contribution in [1.82, 2.24) is 0 Å². The molecule has 3 saturated carbocycles. The van der Waals surface area contributed by atoms with E-state index in [-0.39, 0.29) is 0 Å². The topological polar surface area (TPSA) is 0 Å². The third-order valence-corrected chi connectivity index (χ3v) is 7.76. The highest BCUT2D eigenvalue weighted by Gasteiger charge is 2.55. The smallest absolute Gasteiger partial charge is 0.0213 e. The molecule has 0 unspecified atom stereocenters. The van der Waals surface area contributed by atoms with E-state index in [0.717, 1.165) is 16.7 Å². The highest BCUT2D eigenvalue weighted by Crippen LogP contribution is 2.65. The summed E-state index contributed by atoms with van der Waals surface area (Å²) in [5.74, 6) is 1.10. The van der Waals surface area contributed by atoms with E-state index in [2.05, 4.69) is 6.92 Å². The molecule has 0 heterocycles. The molecule has 21 heavy (non-hydrogen) atoms. The van der Waals surface area contributed by atoms with E-state index in [9.17, 15) is 0 Å². The molecular formula is C21H38. The van der Waals surface area contributed by atoms with Crippen LogP contribution in [0.25, 0.3) is 0 Å². The van der Waals surface area contributed by atoms with Crippen LogP contribution in [0, 0.1) is 16.7 Å². The van der Waals surface area contributed by atoms with Crippen LogP contribution >= 0.6 is 0 Å². The van der Waals surface area contributed by atoms with Gasteiger partial charge in [-0.05, 0) is 61.7 Å². The number of unbranched alkanes of at least 4 members (excludes halogenated alkanes) is 1. The summed E-state index contributed by atoms with van der Waals surface area (Å²) in [4.78, 5) is 0. The van der Waals surface area contributed by atoms with Gasteiger partial charge in [-0.2, -0.15) is 0 Å². The largest absolute Gasteiger partial charge is 0.0654 e. The highest BCUT2D eigenvalue weighted by molar-refractivity contribution is 5.05. The molecule has 0 aromatic carbocycles. The maximum absolute atomic E-state index is 2.40. The van der Waals surface area contributed by atoms with Gasteiger partial charge in [-0.3, -0.25) is 0 Å². The van der Waals surface area contributed by atoms with Crippen molar-refractivity contribution in [2.75, 3.05) is 0 Å². The molecule has 0 aromatic rings. The summed E-state index contributed by atoms with van der Waals surface area (Å²) in [6.07, 6.45) is 26.3. The van der Waals surface area contributed by atoms with Crippen LogP contribution in [-0.4, -0.2) is 0 Å². The van der Waals surface area contributed by atoms with Gasteiger partial charge in [0, 0.05) is 0 Å². The molecule has 3 rings (SSSR count). The molecule has 0 spiro atoms. The van der Waals surface area contributed by atoms with Crippen molar-refractivity contribution < 1.29 is 0 Å². The lowest BCUT2D eigenvalue weighted by atomic mass is 9.48. The van der Waals surface area contributed by atoms with Crippen LogP contribution in [0.4, 0.5) is 0 Å². The summed E-state index contributed by atoms with van der Waals surface area (Å²) >= 11 is 0. The molecule has 0 atom stereocenters. The molecular weight excluding hydrogens is 252 g/mol. The average molecular weight is 291 g/mol. The molecule has 0 N–H and O–H groups in total. The lowest BCUT2D eigenvalue weighted by Crippen LogP contribution is -2.47. The monoisotopic (exact) mass is 290 g/mol. The molecule has 3 aliphatic carbocycles. The van der Waals surface area contributed by atoms with Gasteiger partial charge in [-0.15, -0.1) is 0 Å². The van der Waals surface area contributed by atoms with E-state index in [1.165, 1.54) is 51.4 Å². The number of hydrogen-bond acceptors (Lipinski definition) is 0. The second-order valence-electron chi connectivity index (χ2n) is 8.64. The van der Waals surface area contributed by atoms with Crippen molar-refractivity contribution >= 4 is 0 Å². The van der Waals surface area contributed by atoms with Crippen molar-refractivity contribution in [3.63, 3.8) is 0 Å². The van der Waals surface area contributed by atoms with Crippen molar-refractivity contribution in [2.45, 2.75) is 116 Å². The van der Waals surface area contributed by atoms with Crippen molar-refractivity contribution in [3.8, 4) is 0 Å². The minimum absolute atomic E-state index is 0.764.